The van der Waals surface area contributed by atoms with Crippen molar-refractivity contribution in [1.82, 2.24) is 9.88 Å². The summed E-state index contributed by atoms with van der Waals surface area (Å²) in [7, 11) is 1.87. The van der Waals surface area contributed by atoms with Gasteiger partial charge in [-0.1, -0.05) is 0 Å². The van der Waals surface area contributed by atoms with Gasteiger partial charge in [0.25, 0.3) is 0 Å². The minimum atomic E-state index is -4.30. The van der Waals surface area contributed by atoms with Crippen molar-refractivity contribution in [3.05, 3.63) is 35.5 Å². The van der Waals surface area contributed by atoms with Crippen LogP contribution in [-0.2, 0) is 12.6 Å². The van der Waals surface area contributed by atoms with Crippen LogP contribution in [0.3, 0.4) is 0 Å². The Kier molecular flexibility index (Phi) is 4.61. The van der Waals surface area contributed by atoms with E-state index >= 15 is 0 Å². The molecule has 116 valence electrons. The maximum absolute atomic E-state index is 12.9. The van der Waals surface area contributed by atoms with Crippen molar-refractivity contribution in [2.45, 2.75) is 38.9 Å². The molecule has 2 aromatic rings. The first-order chi connectivity index (χ1) is 9.84. The number of nitrogens with one attached hydrogen (secondary N) is 1. The molecule has 1 N–H and O–H groups in total. The number of aryl methyl sites for hydroxylation is 1. The van der Waals surface area contributed by atoms with E-state index in [1.165, 1.54) is 12.1 Å². The van der Waals surface area contributed by atoms with E-state index in [2.05, 4.69) is 5.32 Å². The minimum absolute atomic E-state index is 0.224. The summed E-state index contributed by atoms with van der Waals surface area (Å²) in [6.45, 7) is 4.93. The average molecular weight is 298 g/mol. The van der Waals surface area contributed by atoms with Crippen LogP contribution >= 0.6 is 0 Å². The van der Waals surface area contributed by atoms with E-state index in [0.29, 0.717) is 0 Å². The largest absolute Gasteiger partial charge is 0.416 e. The van der Waals surface area contributed by atoms with Crippen LogP contribution in [-0.4, -0.2) is 18.2 Å². The lowest BCUT2D eigenvalue weighted by atomic mass is 10.1. The van der Waals surface area contributed by atoms with Crippen LogP contribution in [0.4, 0.5) is 13.2 Å². The van der Waals surface area contributed by atoms with Crippen LogP contribution in [0.25, 0.3) is 10.9 Å². The van der Waals surface area contributed by atoms with E-state index in [1.54, 1.807) is 6.07 Å². The van der Waals surface area contributed by atoms with Gasteiger partial charge in [0.2, 0.25) is 0 Å². The first kappa shape index (κ1) is 15.9. The van der Waals surface area contributed by atoms with Gasteiger partial charge < -0.3 is 9.88 Å². The van der Waals surface area contributed by atoms with Gasteiger partial charge in [0.15, 0.2) is 0 Å². The molecule has 0 aliphatic heterocycles. The molecule has 5 heteroatoms. The molecule has 0 amide bonds. The molecule has 0 fully saturated rings. The summed E-state index contributed by atoms with van der Waals surface area (Å²) in [5, 5.41) is 3.78. The molecule has 1 aromatic carbocycles. The molecular weight excluding hydrogens is 277 g/mol. The number of alkyl halides is 3. The van der Waals surface area contributed by atoms with Crippen LogP contribution in [0.5, 0.6) is 0 Å². The predicted octanol–water partition coefficient (Wildman–Crippen LogP) is 4.39. The SMILES string of the molecule is CNCCCc1cn(C(C)C)c2ccc(C(F)(F)F)cc12. The van der Waals surface area contributed by atoms with Crippen molar-refractivity contribution in [3.8, 4) is 0 Å². The fourth-order valence-corrected chi connectivity index (χ4v) is 2.58. The molecule has 0 saturated carbocycles. The molecule has 0 spiro atoms. The van der Waals surface area contributed by atoms with Gasteiger partial charge in [-0.05, 0) is 64.0 Å². The van der Waals surface area contributed by atoms with Crippen LogP contribution in [0, 0.1) is 0 Å². The normalized spacial score (nSPS) is 12.5. The van der Waals surface area contributed by atoms with Gasteiger partial charge >= 0.3 is 6.18 Å². The Hall–Kier alpha value is -1.49. The Morgan fingerprint density at radius 1 is 1.24 bits per heavy atom. The highest BCUT2D eigenvalue weighted by Crippen LogP contribution is 2.34. The maximum atomic E-state index is 12.9. The van der Waals surface area contributed by atoms with Crippen LogP contribution in [0.15, 0.2) is 24.4 Å². The highest BCUT2D eigenvalue weighted by Gasteiger charge is 2.31. The zero-order valence-corrected chi connectivity index (χ0v) is 12.6. The highest BCUT2D eigenvalue weighted by atomic mass is 19.4. The molecular formula is C16H21F3N2. The summed E-state index contributed by atoms with van der Waals surface area (Å²) in [5.41, 5.74) is 1.28. The third-order valence-corrected chi connectivity index (χ3v) is 3.67. The van der Waals surface area contributed by atoms with Gasteiger partial charge in [0.05, 0.1) is 5.56 Å². The molecule has 0 radical (unpaired) electrons. The maximum Gasteiger partial charge on any atom is 0.416 e. The smallest absolute Gasteiger partial charge is 0.345 e. The molecule has 0 aliphatic rings. The fraction of sp³-hybridized carbons (Fsp3) is 0.500. The highest BCUT2D eigenvalue weighted by molar-refractivity contribution is 5.85. The van der Waals surface area contributed by atoms with Crippen LogP contribution in [0.1, 0.15) is 37.4 Å². The van der Waals surface area contributed by atoms with Crippen molar-refractivity contribution in [2.24, 2.45) is 0 Å². The summed E-state index contributed by atoms with van der Waals surface area (Å²) in [6, 6.07) is 4.25. The van der Waals surface area contributed by atoms with Crippen molar-refractivity contribution in [1.29, 1.82) is 0 Å². The van der Waals surface area contributed by atoms with Gasteiger partial charge in [-0.3, -0.25) is 0 Å². The van der Waals surface area contributed by atoms with E-state index in [0.717, 1.165) is 35.9 Å². The van der Waals surface area contributed by atoms with Gasteiger partial charge in [-0.2, -0.15) is 13.2 Å². The molecule has 1 aromatic heterocycles. The number of hydrogen-bond donors (Lipinski definition) is 1. The number of benzene rings is 1. The third-order valence-electron chi connectivity index (χ3n) is 3.67. The van der Waals surface area contributed by atoms with E-state index in [1.807, 2.05) is 31.7 Å². The number of fused-ring (bicyclic) bond motifs is 1. The Morgan fingerprint density at radius 3 is 2.52 bits per heavy atom. The first-order valence-electron chi connectivity index (χ1n) is 7.20. The number of rotatable bonds is 5. The van der Waals surface area contributed by atoms with Crippen LogP contribution < -0.4 is 5.32 Å². The van der Waals surface area contributed by atoms with Crippen molar-refractivity contribution < 1.29 is 13.2 Å². The lowest BCUT2D eigenvalue weighted by molar-refractivity contribution is -0.137. The standard InChI is InChI=1S/C16H21F3N2/c1-11(2)21-10-12(5-4-8-20-3)14-9-13(16(17,18)19)6-7-15(14)21/h6-7,9-11,20H,4-5,8H2,1-3H3. The van der Waals surface area contributed by atoms with E-state index < -0.39 is 11.7 Å². The number of hydrogen-bond acceptors (Lipinski definition) is 1. The van der Waals surface area contributed by atoms with Crippen molar-refractivity contribution in [3.63, 3.8) is 0 Å². The predicted molar refractivity (Wildman–Crippen MR) is 79.6 cm³/mol. The molecule has 1 heterocycles. The van der Waals surface area contributed by atoms with E-state index in [-0.39, 0.29) is 6.04 Å². The fourth-order valence-electron chi connectivity index (χ4n) is 2.58. The molecule has 2 rings (SSSR count). The second-order valence-corrected chi connectivity index (χ2v) is 5.59. The minimum Gasteiger partial charge on any atom is -0.345 e. The van der Waals surface area contributed by atoms with Crippen molar-refractivity contribution in [2.75, 3.05) is 13.6 Å². The second-order valence-electron chi connectivity index (χ2n) is 5.59. The summed E-state index contributed by atoms with van der Waals surface area (Å²) in [5.74, 6) is 0. The number of nitrogens with zero attached hydrogens (tertiary/aromatic N) is 1. The van der Waals surface area contributed by atoms with Gasteiger partial charge in [0, 0.05) is 23.1 Å². The van der Waals surface area contributed by atoms with Crippen LogP contribution in [0.2, 0.25) is 0 Å². The van der Waals surface area contributed by atoms with E-state index in [4.69, 9.17) is 0 Å². The Bertz CT molecular complexity index is 612. The molecule has 0 saturated heterocycles. The monoisotopic (exact) mass is 298 g/mol. The van der Waals surface area contributed by atoms with E-state index in [9.17, 15) is 13.2 Å². The topological polar surface area (TPSA) is 17.0 Å². The molecule has 0 aliphatic carbocycles. The molecule has 0 unspecified atom stereocenters. The van der Waals surface area contributed by atoms with Gasteiger partial charge in [-0.25, -0.2) is 0 Å². The number of halogens is 3. The first-order valence-corrected chi connectivity index (χ1v) is 7.20. The summed E-state index contributed by atoms with van der Waals surface area (Å²) >= 11 is 0. The molecule has 2 nitrogen and oxygen atoms in total. The summed E-state index contributed by atoms with van der Waals surface area (Å²) in [4.78, 5) is 0. The Morgan fingerprint density at radius 2 is 1.95 bits per heavy atom. The summed E-state index contributed by atoms with van der Waals surface area (Å²) < 4.78 is 40.8. The lowest BCUT2D eigenvalue weighted by Gasteiger charge is -2.10. The zero-order chi connectivity index (χ0) is 15.6. The third kappa shape index (κ3) is 3.40. The number of aromatic nitrogens is 1. The van der Waals surface area contributed by atoms with Gasteiger partial charge in [-0.15, -0.1) is 0 Å². The zero-order valence-electron chi connectivity index (χ0n) is 12.6. The average Bonchev–Trinajstić information content (AvgIpc) is 2.76. The molecule has 0 bridgehead atoms. The Labute approximate surface area is 122 Å². The van der Waals surface area contributed by atoms with Crippen molar-refractivity contribution >= 4 is 10.9 Å². The second kappa shape index (κ2) is 6.10. The lowest BCUT2D eigenvalue weighted by Crippen LogP contribution is -2.08. The van der Waals surface area contributed by atoms with Gasteiger partial charge in [0.1, 0.15) is 0 Å². The molecule has 21 heavy (non-hydrogen) atoms. The molecule has 0 atom stereocenters. The quantitative estimate of drug-likeness (QED) is 0.810. The summed E-state index contributed by atoms with van der Waals surface area (Å²) in [6.07, 6.45) is -0.621. The Balaban J connectivity index is 2.49.